The zero-order chi connectivity index (χ0) is 12.1. The lowest BCUT2D eigenvalue weighted by Crippen LogP contribution is -2.36. The average Bonchev–Trinajstić information content (AvgIpc) is 2.47. The van der Waals surface area contributed by atoms with Crippen LogP contribution in [0.3, 0.4) is 0 Å². The molecule has 0 N–H and O–H groups in total. The Morgan fingerprint density at radius 3 is 1.75 bits per heavy atom. The number of methoxy groups -OCH3 is 2. The molecule has 7 heteroatoms. The number of carbonyl (C=O) groups excluding carboxylic acids is 1. The third kappa shape index (κ3) is 3.33. The van der Waals surface area contributed by atoms with Crippen molar-refractivity contribution < 1.29 is 14.3 Å². The van der Waals surface area contributed by atoms with E-state index in [1.807, 2.05) is 9.80 Å². The van der Waals surface area contributed by atoms with Gasteiger partial charge in [0.05, 0.1) is 13.2 Å². The molecule has 16 heavy (non-hydrogen) atoms. The van der Waals surface area contributed by atoms with Gasteiger partial charge in [-0.15, -0.1) is 0 Å². The highest BCUT2D eigenvalue weighted by Gasteiger charge is 2.42. The first-order valence-electron chi connectivity index (χ1n) is 4.96. The van der Waals surface area contributed by atoms with Crippen molar-refractivity contribution in [1.29, 1.82) is 0 Å². The van der Waals surface area contributed by atoms with Gasteiger partial charge in [0.1, 0.15) is 8.10 Å². The van der Waals surface area contributed by atoms with E-state index in [2.05, 4.69) is 45.2 Å². The molecule has 1 rings (SSSR count). The monoisotopic (exact) mass is 454 g/mol. The third-order valence-corrected chi connectivity index (χ3v) is 6.47. The van der Waals surface area contributed by atoms with Crippen LogP contribution in [-0.4, -0.2) is 64.5 Å². The molecule has 0 aromatic carbocycles. The zero-order valence-electron chi connectivity index (χ0n) is 9.36. The smallest absolute Gasteiger partial charge is 0.322 e. The molecule has 0 aliphatic carbocycles. The zero-order valence-corrected chi connectivity index (χ0v) is 13.7. The number of amides is 2. The molecule has 2 amide bonds. The molecule has 2 unspecified atom stereocenters. The molecule has 1 saturated heterocycles. The van der Waals surface area contributed by atoms with Gasteiger partial charge in [-0.05, 0) is 0 Å². The van der Waals surface area contributed by atoms with Crippen LogP contribution in [-0.2, 0) is 9.47 Å². The van der Waals surface area contributed by atoms with Crippen molar-refractivity contribution >= 4 is 51.2 Å². The van der Waals surface area contributed by atoms with Gasteiger partial charge in [0.25, 0.3) is 0 Å². The fraction of sp³-hybridized carbons (Fsp3) is 0.889. The summed E-state index contributed by atoms with van der Waals surface area (Å²) in [4.78, 5) is 15.8. The highest BCUT2D eigenvalue weighted by Crippen LogP contribution is 2.31. The second kappa shape index (κ2) is 7.17. The summed E-state index contributed by atoms with van der Waals surface area (Å²) in [6, 6.07) is 0.0768. The molecule has 0 radical (unpaired) electrons. The second-order valence-corrected chi connectivity index (χ2v) is 5.95. The molecule has 1 aliphatic heterocycles. The molecular formula is C9H16I2N2O3. The van der Waals surface area contributed by atoms with Gasteiger partial charge in [0.15, 0.2) is 0 Å². The Kier molecular flexibility index (Phi) is 6.59. The Balaban J connectivity index is 2.58. The molecule has 1 heterocycles. The van der Waals surface area contributed by atoms with E-state index in [1.54, 1.807) is 14.2 Å². The molecular weight excluding hydrogens is 438 g/mol. The Morgan fingerprint density at radius 1 is 1.06 bits per heavy atom. The van der Waals surface area contributed by atoms with Crippen LogP contribution in [0, 0.1) is 0 Å². The summed E-state index contributed by atoms with van der Waals surface area (Å²) >= 11 is 4.60. The van der Waals surface area contributed by atoms with Gasteiger partial charge in [0.2, 0.25) is 0 Å². The highest BCUT2D eigenvalue weighted by atomic mass is 127. The number of carbonyl (C=O) groups is 1. The second-order valence-electron chi connectivity index (χ2n) is 3.40. The quantitative estimate of drug-likeness (QED) is 0.348. The Hall–Kier alpha value is 0.650. The molecule has 94 valence electrons. The minimum absolute atomic E-state index is 0.0768. The summed E-state index contributed by atoms with van der Waals surface area (Å²) in [7, 11) is 3.29. The molecule has 0 aromatic rings. The summed E-state index contributed by atoms with van der Waals surface area (Å²) in [5, 5.41) is 0. The van der Waals surface area contributed by atoms with E-state index in [0.29, 0.717) is 26.3 Å². The standard InChI is InChI=1S/C9H16I2N2O3/c1-15-5-3-12-7(10)8(11)13(9(12)14)4-6-16-2/h7-8H,3-6H2,1-2H3. The van der Waals surface area contributed by atoms with Crippen LogP contribution in [0.2, 0.25) is 0 Å². The lowest BCUT2D eigenvalue weighted by molar-refractivity contribution is 0.142. The van der Waals surface area contributed by atoms with Crippen LogP contribution >= 0.6 is 45.2 Å². The van der Waals surface area contributed by atoms with E-state index in [0.717, 1.165) is 0 Å². The van der Waals surface area contributed by atoms with Crippen LogP contribution in [0.25, 0.3) is 0 Å². The predicted octanol–water partition coefficient (Wildman–Crippen LogP) is 1.54. The van der Waals surface area contributed by atoms with Gasteiger partial charge in [-0.25, -0.2) is 4.79 Å². The van der Waals surface area contributed by atoms with Crippen molar-refractivity contribution in [3.63, 3.8) is 0 Å². The first-order valence-corrected chi connectivity index (χ1v) is 7.46. The summed E-state index contributed by atoms with van der Waals surface area (Å²) in [6.45, 7) is 2.44. The summed E-state index contributed by atoms with van der Waals surface area (Å²) in [5.41, 5.74) is 0. The van der Waals surface area contributed by atoms with Crippen LogP contribution in [0.15, 0.2) is 0 Å². The maximum absolute atomic E-state index is 12.1. The first kappa shape index (κ1) is 14.7. The van der Waals surface area contributed by atoms with Gasteiger partial charge < -0.3 is 19.3 Å². The number of hydrogen-bond acceptors (Lipinski definition) is 3. The van der Waals surface area contributed by atoms with Crippen LogP contribution in [0.1, 0.15) is 0 Å². The Labute approximate surface area is 123 Å². The SMILES string of the molecule is COCCN1C(=O)N(CCOC)C(I)C1I. The maximum Gasteiger partial charge on any atom is 0.322 e. The lowest BCUT2D eigenvalue weighted by Gasteiger charge is -2.18. The van der Waals surface area contributed by atoms with Crippen molar-refractivity contribution in [2.45, 2.75) is 8.10 Å². The van der Waals surface area contributed by atoms with E-state index >= 15 is 0 Å². The number of urea groups is 1. The summed E-state index contributed by atoms with van der Waals surface area (Å²) < 4.78 is 10.4. The van der Waals surface area contributed by atoms with Crippen LogP contribution in [0.4, 0.5) is 4.79 Å². The molecule has 0 saturated carbocycles. The molecule has 0 aromatic heterocycles. The largest absolute Gasteiger partial charge is 0.383 e. The van der Waals surface area contributed by atoms with Crippen molar-refractivity contribution in [3.05, 3.63) is 0 Å². The van der Waals surface area contributed by atoms with Gasteiger partial charge in [0, 0.05) is 27.3 Å². The van der Waals surface area contributed by atoms with Crippen molar-refractivity contribution in [3.8, 4) is 0 Å². The summed E-state index contributed by atoms with van der Waals surface area (Å²) in [5.74, 6) is 0. The van der Waals surface area contributed by atoms with E-state index in [9.17, 15) is 4.79 Å². The average molecular weight is 454 g/mol. The van der Waals surface area contributed by atoms with Gasteiger partial charge >= 0.3 is 6.03 Å². The summed E-state index contributed by atoms with van der Waals surface area (Å²) in [6.07, 6.45) is 0. The van der Waals surface area contributed by atoms with E-state index in [1.165, 1.54) is 0 Å². The fourth-order valence-corrected chi connectivity index (χ4v) is 3.30. The van der Waals surface area contributed by atoms with E-state index < -0.39 is 0 Å². The van der Waals surface area contributed by atoms with Crippen molar-refractivity contribution in [2.75, 3.05) is 40.5 Å². The molecule has 0 spiro atoms. The number of rotatable bonds is 6. The van der Waals surface area contributed by atoms with E-state index in [-0.39, 0.29) is 14.1 Å². The highest BCUT2D eigenvalue weighted by molar-refractivity contribution is 14.1. The number of hydrogen-bond donors (Lipinski definition) is 0. The fourth-order valence-electron chi connectivity index (χ4n) is 1.49. The predicted molar refractivity (Wildman–Crippen MR) is 78.2 cm³/mol. The van der Waals surface area contributed by atoms with Gasteiger partial charge in [-0.1, -0.05) is 45.2 Å². The number of halogens is 2. The minimum Gasteiger partial charge on any atom is -0.383 e. The number of ether oxygens (including phenoxy) is 2. The third-order valence-electron chi connectivity index (χ3n) is 2.39. The van der Waals surface area contributed by atoms with Crippen molar-refractivity contribution in [1.82, 2.24) is 9.80 Å². The maximum atomic E-state index is 12.1. The molecule has 5 nitrogen and oxygen atoms in total. The lowest BCUT2D eigenvalue weighted by atomic mass is 10.5. The molecule has 0 bridgehead atoms. The number of nitrogens with zero attached hydrogens (tertiary/aromatic N) is 2. The van der Waals surface area contributed by atoms with Crippen molar-refractivity contribution in [2.24, 2.45) is 0 Å². The molecule has 1 aliphatic rings. The Morgan fingerprint density at radius 2 is 1.44 bits per heavy atom. The molecule has 2 atom stereocenters. The Bertz CT molecular complexity index is 221. The van der Waals surface area contributed by atoms with E-state index in [4.69, 9.17) is 9.47 Å². The topological polar surface area (TPSA) is 42.0 Å². The van der Waals surface area contributed by atoms with Gasteiger partial charge in [-0.3, -0.25) is 0 Å². The molecule has 1 fully saturated rings. The number of alkyl halides is 2. The normalized spacial score (nSPS) is 25.6. The van der Waals surface area contributed by atoms with Crippen LogP contribution in [0.5, 0.6) is 0 Å². The van der Waals surface area contributed by atoms with Crippen LogP contribution < -0.4 is 0 Å². The first-order chi connectivity index (χ1) is 7.63. The minimum atomic E-state index is 0.0768. The van der Waals surface area contributed by atoms with Gasteiger partial charge in [-0.2, -0.15) is 0 Å².